The Kier molecular flexibility index (Phi) is 5.44. The molecule has 1 aromatic carbocycles. The third kappa shape index (κ3) is 4.80. The van der Waals surface area contributed by atoms with E-state index in [9.17, 15) is 4.79 Å². The Morgan fingerprint density at radius 3 is 2.42 bits per heavy atom. The normalized spacial score (nSPS) is 13.2. The number of carbonyl (C=O) groups excluding carboxylic acids is 1. The third-order valence-electron chi connectivity index (χ3n) is 3.32. The molecule has 0 heterocycles. The van der Waals surface area contributed by atoms with Crippen LogP contribution in [-0.4, -0.2) is 5.91 Å². The number of carbonyl (C=O) groups is 1. The van der Waals surface area contributed by atoms with Crippen LogP contribution in [0.25, 0.3) is 0 Å². The molecule has 106 valence electrons. The van der Waals surface area contributed by atoms with Crippen LogP contribution in [0.2, 0.25) is 0 Å². The van der Waals surface area contributed by atoms with E-state index >= 15 is 0 Å². The lowest BCUT2D eigenvalue weighted by molar-refractivity contribution is -0.117. The van der Waals surface area contributed by atoms with E-state index in [1.807, 2.05) is 6.07 Å². The quantitative estimate of drug-likeness (QED) is 0.726. The number of hydrogen-bond donors (Lipinski definition) is 2. The Hall–Kier alpha value is -0.550. The minimum absolute atomic E-state index is 0.0165. The summed E-state index contributed by atoms with van der Waals surface area (Å²) >= 11 is 6.76. The van der Waals surface area contributed by atoms with E-state index in [1.54, 1.807) is 6.07 Å². The Bertz CT molecular complexity index is 458. The lowest BCUT2D eigenvalue weighted by atomic mass is 9.80. The average Bonchev–Trinajstić information content (AvgIpc) is 2.21. The minimum Gasteiger partial charge on any atom is -0.397 e. The number of halogens is 2. The van der Waals surface area contributed by atoms with Crippen LogP contribution in [0.1, 0.15) is 34.1 Å². The maximum absolute atomic E-state index is 12.1. The van der Waals surface area contributed by atoms with Crippen LogP contribution in [0.15, 0.2) is 21.1 Å². The Labute approximate surface area is 131 Å². The van der Waals surface area contributed by atoms with Gasteiger partial charge < -0.3 is 11.1 Å². The number of nitrogens with one attached hydrogen (secondary N) is 1. The van der Waals surface area contributed by atoms with Gasteiger partial charge in [0.15, 0.2) is 0 Å². The fourth-order valence-corrected chi connectivity index (χ4v) is 2.86. The highest BCUT2D eigenvalue weighted by molar-refractivity contribution is 9.11. The fraction of sp³-hybridized carbons (Fsp3) is 0.500. The number of benzene rings is 1. The summed E-state index contributed by atoms with van der Waals surface area (Å²) in [6, 6.07) is 3.63. The molecule has 0 aromatic heterocycles. The smallest absolute Gasteiger partial charge is 0.224 e. The second-order valence-corrected chi connectivity index (χ2v) is 7.64. The van der Waals surface area contributed by atoms with Crippen molar-refractivity contribution in [1.82, 2.24) is 0 Å². The molecule has 0 saturated heterocycles. The van der Waals surface area contributed by atoms with Gasteiger partial charge in [-0.15, -0.1) is 0 Å². The molecule has 1 aromatic rings. The molecule has 0 aliphatic rings. The summed E-state index contributed by atoms with van der Waals surface area (Å²) in [5, 5.41) is 2.88. The maximum Gasteiger partial charge on any atom is 0.224 e. The molecule has 1 atom stereocenters. The Balaban J connectivity index is 2.79. The summed E-state index contributed by atoms with van der Waals surface area (Å²) in [7, 11) is 0. The van der Waals surface area contributed by atoms with Gasteiger partial charge in [-0.2, -0.15) is 0 Å². The van der Waals surface area contributed by atoms with Crippen molar-refractivity contribution in [2.45, 2.75) is 34.1 Å². The standard InChI is InChI=1S/C14H20Br2N2O/c1-8(14(2,3)4)5-12(19)18-13-10(16)6-9(15)7-11(13)17/h6-8H,5,17H2,1-4H3,(H,18,19). The van der Waals surface area contributed by atoms with Gasteiger partial charge in [-0.1, -0.05) is 43.6 Å². The lowest BCUT2D eigenvalue weighted by Gasteiger charge is -2.26. The number of rotatable bonds is 3. The van der Waals surface area contributed by atoms with Crippen molar-refractivity contribution >= 4 is 49.1 Å². The zero-order chi connectivity index (χ0) is 14.8. The van der Waals surface area contributed by atoms with Crippen molar-refractivity contribution in [1.29, 1.82) is 0 Å². The molecular weight excluding hydrogens is 372 g/mol. The zero-order valence-corrected chi connectivity index (χ0v) is 14.9. The van der Waals surface area contributed by atoms with Gasteiger partial charge in [0.25, 0.3) is 0 Å². The molecule has 1 amide bonds. The summed E-state index contributed by atoms with van der Waals surface area (Å²) < 4.78 is 1.65. The summed E-state index contributed by atoms with van der Waals surface area (Å²) in [4.78, 5) is 12.1. The molecule has 5 heteroatoms. The number of amides is 1. The van der Waals surface area contributed by atoms with E-state index in [1.165, 1.54) is 0 Å². The second-order valence-electron chi connectivity index (χ2n) is 5.87. The molecular formula is C14H20Br2N2O. The summed E-state index contributed by atoms with van der Waals surface area (Å²) in [5.74, 6) is 0.278. The van der Waals surface area contributed by atoms with Crippen molar-refractivity contribution in [3.05, 3.63) is 21.1 Å². The van der Waals surface area contributed by atoms with Crippen molar-refractivity contribution in [3.8, 4) is 0 Å². The fourth-order valence-electron chi connectivity index (χ4n) is 1.50. The highest BCUT2D eigenvalue weighted by atomic mass is 79.9. The maximum atomic E-state index is 12.1. The zero-order valence-electron chi connectivity index (χ0n) is 11.7. The molecule has 1 unspecified atom stereocenters. The first-order chi connectivity index (χ1) is 8.61. The van der Waals surface area contributed by atoms with Crippen LogP contribution in [0, 0.1) is 11.3 Å². The average molecular weight is 392 g/mol. The Morgan fingerprint density at radius 1 is 1.37 bits per heavy atom. The SMILES string of the molecule is CC(CC(=O)Nc1c(N)cc(Br)cc1Br)C(C)(C)C. The van der Waals surface area contributed by atoms with Crippen LogP contribution in [0.4, 0.5) is 11.4 Å². The van der Waals surface area contributed by atoms with E-state index in [2.05, 4.69) is 64.9 Å². The van der Waals surface area contributed by atoms with Gasteiger partial charge in [0.2, 0.25) is 5.91 Å². The van der Waals surface area contributed by atoms with Gasteiger partial charge in [-0.3, -0.25) is 4.79 Å². The monoisotopic (exact) mass is 390 g/mol. The van der Waals surface area contributed by atoms with E-state index in [-0.39, 0.29) is 11.3 Å². The van der Waals surface area contributed by atoms with Crippen molar-refractivity contribution in [3.63, 3.8) is 0 Å². The van der Waals surface area contributed by atoms with Gasteiger partial charge in [0, 0.05) is 15.4 Å². The molecule has 3 nitrogen and oxygen atoms in total. The first-order valence-corrected chi connectivity index (χ1v) is 7.74. The van der Waals surface area contributed by atoms with Crippen molar-refractivity contribution < 1.29 is 4.79 Å². The molecule has 0 saturated carbocycles. The molecule has 19 heavy (non-hydrogen) atoms. The number of hydrogen-bond acceptors (Lipinski definition) is 2. The van der Waals surface area contributed by atoms with Crippen molar-refractivity contribution in [2.75, 3.05) is 11.1 Å². The molecule has 0 aliphatic carbocycles. The topological polar surface area (TPSA) is 55.1 Å². The molecule has 0 bridgehead atoms. The van der Waals surface area contributed by atoms with E-state index in [0.29, 0.717) is 23.7 Å². The van der Waals surface area contributed by atoms with E-state index in [0.717, 1.165) is 8.95 Å². The van der Waals surface area contributed by atoms with Gasteiger partial charge in [0.05, 0.1) is 11.4 Å². The second kappa shape index (κ2) is 6.27. The lowest BCUT2D eigenvalue weighted by Crippen LogP contribution is -2.24. The number of anilines is 2. The first-order valence-electron chi connectivity index (χ1n) is 6.15. The summed E-state index contributed by atoms with van der Waals surface area (Å²) in [6.07, 6.45) is 0.478. The summed E-state index contributed by atoms with van der Waals surface area (Å²) in [6.45, 7) is 8.48. The van der Waals surface area contributed by atoms with Crippen LogP contribution in [-0.2, 0) is 4.79 Å². The van der Waals surface area contributed by atoms with Crippen LogP contribution < -0.4 is 11.1 Å². The highest BCUT2D eigenvalue weighted by Gasteiger charge is 2.23. The van der Waals surface area contributed by atoms with Gasteiger partial charge in [-0.25, -0.2) is 0 Å². The molecule has 3 N–H and O–H groups in total. The van der Waals surface area contributed by atoms with Gasteiger partial charge in [0.1, 0.15) is 0 Å². The van der Waals surface area contributed by atoms with Gasteiger partial charge in [-0.05, 0) is 39.4 Å². The molecule has 0 spiro atoms. The van der Waals surface area contributed by atoms with Crippen LogP contribution in [0.3, 0.4) is 0 Å². The molecule has 0 radical (unpaired) electrons. The Morgan fingerprint density at radius 2 is 1.95 bits per heavy atom. The van der Waals surface area contributed by atoms with E-state index in [4.69, 9.17) is 5.73 Å². The minimum atomic E-state index is -0.0165. The van der Waals surface area contributed by atoms with Crippen LogP contribution in [0.5, 0.6) is 0 Å². The van der Waals surface area contributed by atoms with Crippen LogP contribution >= 0.6 is 31.9 Å². The number of nitrogens with two attached hydrogens (primary N) is 1. The highest BCUT2D eigenvalue weighted by Crippen LogP contribution is 2.33. The molecule has 0 fully saturated rings. The molecule has 0 aliphatic heterocycles. The van der Waals surface area contributed by atoms with E-state index < -0.39 is 0 Å². The summed E-state index contributed by atoms with van der Waals surface area (Å²) in [5.41, 5.74) is 7.20. The number of nitrogen functional groups attached to an aromatic ring is 1. The third-order valence-corrected chi connectivity index (χ3v) is 4.40. The van der Waals surface area contributed by atoms with Gasteiger partial charge >= 0.3 is 0 Å². The first kappa shape index (κ1) is 16.5. The largest absolute Gasteiger partial charge is 0.397 e. The van der Waals surface area contributed by atoms with Crippen molar-refractivity contribution in [2.24, 2.45) is 11.3 Å². The predicted molar refractivity (Wildman–Crippen MR) is 88.1 cm³/mol. The molecule has 1 rings (SSSR count). The predicted octanol–water partition coefficient (Wildman–Crippen LogP) is 4.80.